The van der Waals surface area contributed by atoms with Crippen LogP contribution >= 0.6 is 12.2 Å². The number of hydrogen-bond acceptors (Lipinski definition) is 3. The summed E-state index contributed by atoms with van der Waals surface area (Å²) in [5.74, 6) is 2.15. The lowest BCUT2D eigenvalue weighted by molar-refractivity contribution is 0.395. The number of nitrogens with one attached hydrogen (secondary N) is 2. The van der Waals surface area contributed by atoms with Crippen LogP contribution in [0.1, 0.15) is 50.3 Å². The average Bonchev–Trinajstić information content (AvgIpc) is 2.67. The van der Waals surface area contributed by atoms with E-state index in [1.165, 1.54) is 5.56 Å². The molecule has 2 N–H and O–H groups in total. The maximum atomic E-state index is 5.47. The highest BCUT2D eigenvalue weighted by Crippen LogP contribution is 2.29. The van der Waals surface area contributed by atoms with E-state index >= 15 is 0 Å². The molecule has 5 heteroatoms. The Hall–Kier alpha value is -2.27. The Morgan fingerprint density at radius 3 is 2.31 bits per heavy atom. The quantitative estimate of drug-likeness (QED) is 0.649. The van der Waals surface area contributed by atoms with Crippen molar-refractivity contribution in [3.8, 4) is 11.5 Å². The molecule has 0 heterocycles. The zero-order chi connectivity index (χ0) is 19.1. The Balaban J connectivity index is 2.03. The van der Waals surface area contributed by atoms with Gasteiger partial charge in [-0.3, -0.25) is 0 Å². The number of ether oxygens (including phenoxy) is 2. The summed E-state index contributed by atoms with van der Waals surface area (Å²) in [5, 5.41) is 7.11. The first-order valence-corrected chi connectivity index (χ1v) is 9.28. The second-order valence-corrected chi connectivity index (χ2v) is 6.77. The van der Waals surface area contributed by atoms with E-state index in [1.54, 1.807) is 14.2 Å². The molecule has 140 valence electrons. The van der Waals surface area contributed by atoms with Crippen LogP contribution in [0.15, 0.2) is 42.5 Å². The fourth-order valence-electron chi connectivity index (χ4n) is 2.75. The fourth-order valence-corrected chi connectivity index (χ4v) is 3.04. The third-order valence-electron chi connectivity index (χ3n) is 4.60. The molecule has 0 aliphatic heterocycles. The molecule has 2 aromatic rings. The summed E-state index contributed by atoms with van der Waals surface area (Å²) in [7, 11) is 3.31. The van der Waals surface area contributed by atoms with Crippen LogP contribution in [0.4, 0.5) is 5.69 Å². The molecule has 0 aliphatic carbocycles. The van der Waals surface area contributed by atoms with Gasteiger partial charge in [-0.05, 0) is 67.4 Å². The topological polar surface area (TPSA) is 42.5 Å². The van der Waals surface area contributed by atoms with Crippen molar-refractivity contribution in [2.45, 2.75) is 39.2 Å². The van der Waals surface area contributed by atoms with Crippen molar-refractivity contribution in [2.24, 2.45) is 0 Å². The van der Waals surface area contributed by atoms with Crippen molar-refractivity contribution in [3.63, 3.8) is 0 Å². The van der Waals surface area contributed by atoms with E-state index in [0.717, 1.165) is 29.2 Å². The van der Waals surface area contributed by atoms with Gasteiger partial charge < -0.3 is 20.1 Å². The van der Waals surface area contributed by atoms with E-state index < -0.39 is 0 Å². The van der Waals surface area contributed by atoms with Crippen molar-refractivity contribution < 1.29 is 9.47 Å². The van der Waals surface area contributed by atoms with Crippen LogP contribution in [0.2, 0.25) is 0 Å². The van der Waals surface area contributed by atoms with Gasteiger partial charge in [-0.1, -0.05) is 26.0 Å². The molecule has 0 fully saturated rings. The van der Waals surface area contributed by atoms with Gasteiger partial charge in [-0.2, -0.15) is 0 Å². The molecule has 0 radical (unpaired) electrons. The van der Waals surface area contributed by atoms with E-state index in [1.807, 2.05) is 25.1 Å². The Bertz CT molecular complexity index is 731. The predicted octanol–water partition coefficient (Wildman–Crippen LogP) is 5.26. The van der Waals surface area contributed by atoms with Crippen molar-refractivity contribution in [2.75, 3.05) is 19.5 Å². The Morgan fingerprint density at radius 1 is 1.04 bits per heavy atom. The van der Waals surface area contributed by atoms with Crippen LogP contribution < -0.4 is 20.1 Å². The van der Waals surface area contributed by atoms with Gasteiger partial charge in [0.15, 0.2) is 5.11 Å². The summed E-state index contributed by atoms with van der Waals surface area (Å²) < 4.78 is 10.8. The predicted molar refractivity (Wildman–Crippen MR) is 112 cm³/mol. The van der Waals surface area contributed by atoms with Crippen molar-refractivity contribution >= 4 is 23.0 Å². The zero-order valence-corrected chi connectivity index (χ0v) is 16.9. The first-order chi connectivity index (χ1) is 12.5. The first-order valence-electron chi connectivity index (χ1n) is 8.87. The molecular weight excluding hydrogens is 344 g/mol. The van der Waals surface area contributed by atoms with Crippen LogP contribution in [-0.2, 0) is 0 Å². The minimum atomic E-state index is -0.0283. The first kappa shape index (κ1) is 20.0. The van der Waals surface area contributed by atoms with Gasteiger partial charge in [-0.25, -0.2) is 0 Å². The number of methoxy groups -OCH3 is 2. The number of thiocarbonyl (C=S) groups is 1. The summed E-state index contributed by atoms with van der Waals surface area (Å²) in [6.45, 7) is 6.47. The highest BCUT2D eigenvalue weighted by Gasteiger charge is 2.14. The minimum Gasteiger partial charge on any atom is -0.497 e. The van der Waals surface area contributed by atoms with Crippen molar-refractivity contribution in [3.05, 3.63) is 53.6 Å². The SMILES string of the molecule is CC[C@@H](C)c1ccc(NC(=S)N[C@@H](C)c2cc(OC)ccc2OC)cc1. The smallest absolute Gasteiger partial charge is 0.171 e. The Labute approximate surface area is 161 Å². The lowest BCUT2D eigenvalue weighted by Gasteiger charge is -2.20. The van der Waals surface area contributed by atoms with E-state index in [9.17, 15) is 0 Å². The number of benzene rings is 2. The molecule has 0 aliphatic rings. The van der Waals surface area contributed by atoms with Gasteiger partial charge in [0.1, 0.15) is 11.5 Å². The number of hydrogen-bond donors (Lipinski definition) is 2. The van der Waals surface area contributed by atoms with Gasteiger partial charge in [-0.15, -0.1) is 0 Å². The van der Waals surface area contributed by atoms with Gasteiger partial charge >= 0.3 is 0 Å². The Kier molecular flexibility index (Phi) is 7.27. The maximum absolute atomic E-state index is 5.47. The largest absolute Gasteiger partial charge is 0.497 e. The van der Waals surface area contributed by atoms with Crippen LogP contribution in [0, 0.1) is 0 Å². The molecule has 2 rings (SSSR count). The Morgan fingerprint density at radius 2 is 1.73 bits per heavy atom. The van der Waals surface area contributed by atoms with E-state index in [0.29, 0.717) is 11.0 Å². The minimum absolute atomic E-state index is 0.0283. The lowest BCUT2D eigenvalue weighted by atomic mass is 9.99. The van der Waals surface area contributed by atoms with E-state index in [-0.39, 0.29) is 6.04 Å². The third kappa shape index (κ3) is 5.11. The van der Waals surface area contributed by atoms with Crippen LogP contribution in [0.25, 0.3) is 0 Å². The molecule has 0 aromatic heterocycles. The van der Waals surface area contributed by atoms with Crippen LogP contribution in [0.3, 0.4) is 0 Å². The van der Waals surface area contributed by atoms with E-state index in [2.05, 4.69) is 48.7 Å². The lowest BCUT2D eigenvalue weighted by Crippen LogP contribution is -2.31. The van der Waals surface area contributed by atoms with Crippen molar-refractivity contribution in [1.82, 2.24) is 5.32 Å². The molecule has 0 bridgehead atoms. The van der Waals surface area contributed by atoms with Gasteiger partial charge in [0, 0.05) is 11.3 Å². The summed E-state index contributed by atoms with van der Waals surface area (Å²) in [6, 6.07) is 14.1. The fraction of sp³-hybridized carbons (Fsp3) is 0.381. The number of anilines is 1. The zero-order valence-electron chi connectivity index (χ0n) is 16.1. The van der Waals surface area contributed by atoms with Gasteiger partial charge in [0.05, 0.1) is 20.3 Å². The molecule has 0 unspecified atom stereocenters. The molecule has 0 spiro atoms. The molecule has 4 nitrogen and oxygen atoms in total. The number of rotatable bonds is 7. The monoisotopic (exact) mass is 372 g/mol. The maximum Gasteiger partial charge on any atom is 0.171 e. The van der Waals surface area contributed by atoms with E-state index in [4.69, 9.17) is 21.7 Å². The summed E-state index contributed by atoms with van der Waals surface area (Å²) in [6.07, 6.45) is 1.13. The highest BCUT2D eigenvalue weighted by molar-refractivity contribution is 7.80. The molecule has 0 saturated carbocycles. The highest BCUT2D eigenvalue weighted by atomic mass is 32.1. The third-order valence-corrected chi connectivity index (χ3v) is 4.82. The van der Waals surface area contributed by atoms with Gasteiger partial charge in [0.25, 0.3) is 0 Å². The average molecular weight is 373 g/mol. The second kappa shape index (κ2) is 9.43. The van der Waals surface area contributed by atoms with Crippen LogP contribution in [-0.4, -0.2) is 19.3 Å². The second-order valence-electron chi connectivity index (χ2n) is 6.36. The summed E-state index contributed by atoms with van der Waals surface area (Å²) in [4.78, 5) is 0. The normalized spacial score (nSPS) is 12.8. The molecule has 0 amide bonds. The van der Waals surface area contributed by atoms with Gasteiger partial charge in [0.2, 0.25) is 0 Å². The molecule has 2 atom stereocenters. The standard InChI is InChI=1S/C21H28N2O2S/c1-6-14(2)16-7-9-17(10-8-16)23-21(26)22-15(3)19-13-18(24-4)11-12-20(19)25-5/h7-15H,6H2,1-5H3,(H2,22,23,26)/t14-,15+/m1/s1. The summed E-state index contributed by atoms with van der Waals surface area (Å²) in [5.41, 5.74) is 3.30. The molecule has 0 saturated heterocycles. The molecule has 26 heavy (non-hydrogen) atoms. The summed E-state index contributed by atoms with van der Waals surface area (Å²) >= 11 is 5.47. The molecular formula is C21H28N2O2S. The van der Waals surface area contributed by atoms with Crippen LogP contribution in [0.5, 0.6) is 11.5 Å². The molecule has 2 aromatic carbocycles. The van der Waals surface area contributed by atoms with Crippen molar-refractivity contribution in [1.29, 1.82) is 0 Å².